The number of benzene rings is 2. The van der Waals surface area contributed by atoms with Crippen molar-refractivity contribution in [2.24, 2.45) is 0 Å². The standard InChI is InChI=1S/C14H9BrCl3F/c15-11-7-9(19)2-3-10(11)13(17)5-8-1-4-12(16)14(18)6-8/h1-4,6-7,13H,5H2. The molecule has 0 bridgehead atoms. The molecular weight excluding hydrogens is 373 g/mol. The Balaban J connectivity index is 2.20. The minimum atomic E-state index is -0.297. The molecule has 0 aliphatic rings. The summed E-state index contributed by atoms with van der Waals surface area (Å²) in [4.78, 5) is 0. The quantitative estimate of drug-likeness (QED) is 0.538. The lowest BCUT2D eigenvalue weighted by molar-refractivity contribution is 0.625. The molecule has 0 spiro atoms. The van der Waals surface area contributed by atoms with Crippen LogP contribution in [0.5, 0.6) is 0 Å². The summed E-state index contributed by atoms with van der Waals surface area (Å²) in [5.41, 5.74) is 1.82. The van der Waals surface area contributed by atoms with Crippen LogP contribution in [0.3, 0.4) is 0 Å². The molecule has 0 aliphatic heterocycles. The SMILES string of the molecule is Fc1ccc(C(Cl)Cc2ccc(Cl)c(Cl)c2)c(Br)c1. The second kappa shape index (κ2) is 6.45. The maximum absolute atomic E-state index is 13.0. The van der Waals surface area contributed by atoms with Crippen molar-refractivity contribution in [2.75, 3.05) is 0 Å². The third-order valence-electron chi connectivity index (χ3n) is 2.70. The van der Waals surface area contributed by atoms with Crippen molar-refractivity contribution in [3.63, 3.8) is 0 Å². The van der Waals surface area contributed by atoms with Gasteiger partial charge in [-0.2, -0.15) is 0 Å². The van der Waals surface area contributed by atoms with E-state index in [2.05, 4.69) is 15.9 Å². The van der Waals surface area contributed by atoms with Gasteiger partial charge in [-0.1, -0.05) is 51.3 Å². The van der Waals surface area contributed by atoms with Crippen LogP contribution >= 0.6 is 50.7 Å². The predicted molar refractivity (Wildman–Crippen MR) is 82.9 cm³/mol. The zero-order valence-corrected chi connectivity index (χ0v) is 13.5. The van der Waals surface area contributed by atoms with Gasteiger partial charge in [0.15, 0.2) is 0 Å². The molecule has 0 N–H and O–H groups in total. The van der Waals surface area contributed by atoms with E-state index in [4.69, 9.17) is 34.8 Å². The minimum Gasteiger partial charge on any atom is -0.207 e. The Morgan fingerprint density at radius 1 is 1.05 bits per heavy atom. The summed E-state index contributed by atoms with van der Waals surface area (Å²) in [6.07, 6.45) is 0.586. The number of alkyl halides is 1. The van der Waals surface area contributed by atoms with Crippen LogP contribution in [-0.2, 0) is 6.42 Å². The summed E-state index contributed by atoms with van der Waals surface area (Å²) in [5, 5.41) is 0.743. The van der Waals surface area contributed by atoms with Gasteiger partial charge in [0.2, 0.25) is 0 Å². The molecule has 2 aromatic carbocycles. The summed E-state index contributed by atoms with van der Waals surface area (Å²) in [5.74, 6) is -0.297. The first-order valence-corrected chi connectivity index (χ1v) is 7.49. The molecule has 0 amide bonds. The van der Waals surface area contributed by atoms with Crippen LogP contribution in [0, 0.1) is 5.82 Å². The lowest BCUT2D eigenvalue weighted by Gasteiger charge is -2.12. The summed E-state index contributed by atoms with van der Waals surface area (Å²) in [7, 11) is 0. The Labute approximate surface area is 134 Å². The van der Waals surface area contributed by atoms with Crippen molar-refractivity contribution in [3.8, 4) is 0 Å². The van der Waals surface area contributed by atoms with Crippen LogP contribution in [0.25, 0.3) is 0 Å². The highest BCUT2D eigenvalue weighted by molar-refractivity contribution is 9.10. The van der Waals surface area contributed by atoms with Crippen molar-refractivity contribution in [1.29, 1.82) is 0 Å². The van der Waals surface area contributed by atoms with Crippen LogP contribution in [0.1, 0.15) is 16.5 Å². The van der Waals surface area contributed by atoms with E-state index in [-0.39, 0.29) is 11.2 Å². The normalized spacial score (nSPS) is 12.5. The maximum atomic E-state index is 13.0. The molecular formula is C14H9BrCl3F. The molecule has 0 nitrogen and oxygen atoms in total. The van der Waals surface area contributed by atoms with E-state index in [1.165, 1.54) is 12.1 Å². The molecule has 0 aromatic heterocycles. The summed E-state index contributed by atoms with van der Waals surface area (Å²) < 4.78 is 13.7. The predicted octanol–water partition coefficient (Wildman–Crippen LogP) is 6.42. The van der Waals surface area contributed by atoms with Crippen LogP contribution in [0.2, 0.25) is 10.0 Å². The second-order valence-corrected chi connectivity index (χ2v) is 6.28. The average Bonchev–Trinajstić information content (AvgIpc) is 2.33. The topological polar surface area (TPSA) is 0 Å². The Hall–Kier alpha value is -0.280. The first-order valence-electron chi connectivity index (χ1n) is 5.50. The third-order valence-corrected chi connectivity index (χ3v) is 4.51. The number of hydrogen-bond acceptors (Lipinski definition) is 0. The lowest BCUT2D eigenvalue weighted by atomic mass is 10.0. The second-order valence-electron chi connectivity index (χ2n) is 4.09. The highest BCUT2D eigenvalue weighted by atomic mass is 79.9. The maximum Gasteiger partial charge on any atom is 0.124 e. The van der Waals surface area contributed by atoms with Gasteiger partial charge in [0.05, 0.1) is 15.4 Å². The molecule has 2 aromatic rings. The molecule has 0 heterocycles. The van der Waals surface area contributed by atoms with E-state index in [1.54, 1.807) is 18.2 Å². The van der Waals surface area contributed by atoms with Crippen molar-refractivity contribution in [1.82, 2.24) is 0 Å². The van der Waals surface area contributed by atoms with E-state index < -0.39 is 0 Å². The van der Waals surface area contributed by atoms with Gasteiger partial charge < -0.3 is 0 Å². The van der Waals surface area contributed by atoms with Gasteiger partial charge in [0.1, 0.15) is 5.82 Å². The molecule has 1 unspecified atom stereocenters. The fourth-order valence-electron chi connectivity index (χ4n) is 1.74. The monoisotopic (exact) mass is 380 g/mol. The van der Waals surface area contributed by atoms with Crippen molar-refractivity contribution in [3.05, 3.63) is 67.9 Å². The summed E-state index contributed by atoms with van der Waals surface area (Å²) >= 11 is 21.5. The number of halogens is 5. The van der Waals surface area contributed by atoms with E-state index in [9.17, 15) is 4.39 Å². The van der Waals surface area contributed by atoms with E-state index >= 15 is 0 Å². The Bertz CT molecular complexity index is 601. The highest BCUT2D eigenvalue weighted by Gasteiger charge is 2.13. The van der Waals surface area contributed by atoms with Crippen LogP contribution in [-0.4, -0.2) is 0 Å². The van der Waals surface area contributed by atoms with Crippen LogP contribution < -0.4 is 0 Å². The van der Waals surface area contributed by atoms with Crippen LogP contribution in [0.4, 0.5) is 4.39 Å². The van der Waals surface area contributed by atoms with Crippen molar-refractivity contribution in [2.45, 2.75) is 11.8 Å². The summed E-state index contributed by atoms with van der Waals surface area (Å²) in [6, 6.07) is 9.87. The Kier molecular flexibility index (Phi) is 5.13. The Morgan fingerprint density at radius 2 is 1.79 bits per heavy atom. The first kappa shape index (κ1) is 15.1. The van der Waals surface area contributed by atoms with E-state index in [0.717, 1.165) is 11.1 Å². The number of hydrogen-bond donors (Lipinski definition) is 0. The van der Waals surface area contributed by atoms with E-state index in [0.29, 0.717) is 20.9 Å². The molecule has 100 valence electrons. The third kappa shape index (κ3) is 3.85. The van der Waals surface area contributed by atoms with Crippen LogP contribution in [0.15, 0.2) is 40.9 Å². The van der Waals surface area contributed by atoms with Gasteiger partial charge in [-0.3, -0.25) is 0 Å². The summed E-state index contributed by atoms with van der Waals surface area (Å²) in [6.45, 7) is 0. The molecule has 0 fully saturated rings. The van der Waals surface area contributed by atoms with Gasteiger partial charge >= 0.3 is 0 Å². The van der Waals surface area contributed by atoms with E-state index in [1.807, 2.05) is 6.07 Å². The molecule has 19 heavy (non-hydrogen) atoms. The fraction of sp³-hybridized carbons (Fsp3) is 0.143. The molecule has 1 atom stereocenters. The average molecular weight is 382 g/mol. The molecule has 0 aliphatic carbocycles. The smallest absolute Gasteiger partial charge is 0.124 e. The number of rotatable bonds is 3. The zero-order valence-electron chi connectivity index (χ0n) is 9.64. The molecule has 2 rings (SSSR count). The van der Waals surface area contributed by atoms with Crippen molar-refractivity contribution >= 4 is 50.7 Å². The van der Waals surface area contributed by atoms with Crippen molar-refractivity contribution < 1.29 is 4.39 Å². The fourth-order valence-corrected chi connectivity index (χ4v) is 3.19. The van der Waals surface area contributed by atoms with Gasteiger partial charge in [-0.25, -0.2) is 4.39 Å². The van der Waals surface area contributed by atoms with Gasteiger partial charge in [-0.05, 0) is 41.8 Å². The molecule has 0 saturated carbocycles. The molecule has 0 radical (unpaired) electrons. The lowest BCUT2D eigenvalue weighted by Crippen LogP contribution is -1.97. The van der Waals surface area contributed by atoms with Gasteiger partial charge in [0.25, 0.3) is 0 Å². The largest absolute Gasteiger partial charge is 0.207 e. The first-order chi connectivity index (χ1) is 8.97. The van der Waals surface area contributed by atoms with Gasteiger partial charge in [-0.15, -0.1) is 11.6 Å². The highest BCUT2D eigenvalue weighted by Crippen LogP contribution is 2.32. The van der Waals surface area contributed by atoms with Gasteiger partial charge in [0, 0.05) is 4.47 Å². The minimum absolute atomic E-state index is 0.271. The Morgan fingerprint density at radius 3 is 2.42 bits per heavy atom. The molecule has 5 heteroatoms. The zero-order chi connectivity index (χ0) is 14.0. The molecule has 0 saturated heterocycles.